The van der Waals surface area contributed by atoms with E-state index in [2.05, 4.69) is 4.99 Å². The topological polar surface area (TPSA) is 43.6 Å². The van der Waals surface area contributed by atoms with E-state index in [1.165, 1.54) is 11.3 Å². The van der Waals surface area contributed by atoms with Crippen molar-refractivity contribution in [3.8, 4) is 0 Å². The van der Waals surface area contributed by atoms with E-state index in [4.69, 9.17) is 27.9 Å². The Hall–Kier alpha value is -2.18. The van der Waals surface area contributed by atoms with Gasteiger partial charge in [0.1, 0.15) is 0 Å². The van der Waals surface area contributed by atoms with Gasteiger partial charge in [-0.1, -0.05) is 77.0 Å². The van der Waals surface area contributed by atoms with Gasteiger partial charge in [-0.15, -0.1) is 0 Å². The normalized spacial score (nSPS) is 12.2. The number of hydrogen-bond donors (Lipinski definition) is 0. The van der Waals surface area contributed by atoms with Crippen LogP contribution in [0.1, 0.15) is 12.5 Å². The van der Waals surface area contributed by atoms with Crippen molar-refractivity contribution in [1.82, 2.24) is 4.57 Å². The van der Waals surface area contributed by atoms with Crippen LogP contribution in [-0.4, -0.2) is 23.7 Å². The molecule has 1 heterocycles. The average molecular weight is 459 g/mol. The van der Waals surface area contributed by atoms with Gasteiger partial charge in [-0.2, -0.15) is 4.99 Å². The van der Waals surface area contributed by atoms with Gasteiger partial charge < -0.3 is 9.30 Å². The van der Waals surface area contributed by atoms with Gasteiger partial charge in [0.05, 0.1) is 28.3 Å². The number of nitrogens with zero attached hydrogens (tertiary/aromatic N) is 2. The zero-order valence-corrected chi connectivity index (χ0v) is 18.7. The van der Waals surface area contributed by atoms with E-state index in [0.717, 1.165) is 26.6 Å². The molecule has 154 valence electrons. The first kappa shape index (κ1) is 21.1. The maximum absolute atomic E-state index is 12.9. The van der Waals surface area contributed by atoms with E-state index in [9.17, 15) is 4.79 Å². The standard InChI is InChI=1S/C23H20Cl2N2O2S/c1-2-29-11-10-27-22-19(25)13-17(24)14-20(22)30-23(27)26-21(28)12-16-8-5-7-15-6-3-4-9-18(15)16/h3-9,13-14H,2,10-12H2,1H3. The molecule has 3 aromatic carbocycles. The lowest BCUT2D eigenvalue weighted by Gasteiger charge is -2.07. The molecule has 0 aliphatic carbocycles. The summed E-state index contributed by atoms with van der Waals surface area (Å²) in [4.78, 5) is 17.9. The highest BCUT2D eigenvalue weighted by atomic mass is 35.5. The lowest BCUT2D eigenvalue weighted by atomic mass is 10.0. The van der Waals surface area contributed by atoms with Gasteiger partial charge in [-0.25, -0.2) is 0 Å². The van der Waals surface area contributed by atoms with Gasteiger partial charge in [-0.3, -0.25) is 4.79 Å². The highest BCUT2D eigenvalue weighted by Gasteiger charge is 2.13. The smallest absolute Gasteiger partial charge is 0.252 e. The van der Waals surface area contributed by atoms with Gasteiger partial charge in [0.2, 0.25) is 0 Å². The molecule has 1 amide bonds. The molecular weight excluding hydrogens is 439 g/mol. The SMILES string of the molecule is CCOCCn1c(=NC(=O)Cc2cccc3ccccc23)sc2cc(Cl)cc(Cl)c21. The minimum atomic E-state index is -0.203. The van der Waals surface area contributed by atoms with Crippen LogP contribution in [0.25, 0.3) is 21.0 Å². The van der Waals surface area contributed by atoms with E-state index in [1.54, 1.807) is 6.07 Å². The molecule has 0 bridgehead atoms. The summed E-state index contributed by atoms with van der Waals surface area (Å²) >= 11 is 14.0. The van der Waals surface area contributed by atoms with E-state index in [1.807, 2.05) is 60.0 Å². The number of benzene rings is 3. The largest absolute Gasteiger partial charge is 0.380 e. The van der Waals surface area contributed by atoms with Gasteiger partial charge in [0.15, 0.2) is 4.80 Å². The Bertz CT molecular complexity index is 1290. The van der Waals surface area contributed by atoms with Crippen LogP contribution in [0.5, 0.6) is 0 Å². The van der Waals surface area contributed by atoms with Crippen molar-refractivity contribution in [2.45, 2.75) is 19.9 Å². The van der Waals surface area contributed by atoms with E-state index < -0.39 is 0 Å². The fourth-order valence-corrected chi connectivity index (χ4v) is 5.33. The predicted octanol–water partition coefficient (Wildman–Crippen LogP) is 5.87. The molecule has 4 rings (SSSR count). The molecule has 30 heavy (non-hydrogen) atoms. The molecule has 0 atom stereocenters. The van der Waals surface area contributed by atoms with E-state index >= 15 is 0 Å². The second-order valence-corrected chi connectivity index (χ2v) is 8.64. The summed E-state index contributed by atoms with van der Waals surface area (Å²) in [5, 5.41) is 3.27. The molecule has 0 saturated carbocycles. The number of thiazole rings is 1. The molecular formula is C23H20Cl2N2O2S. The first-order valence-electron chi connectivity index (χ1n) is 9.67. The number of halogens is 2. The molecule has 0 fully saturated rings. The minimum Gasteiger partial charge on any atom is -0.380 e. The number of fused-ring (bicyclic) bond motifs is 2. The van der Waals surface area contributed by atoms with Crippen LogP contribution in [0.4, 0.5) is 0 Å². The fraction of sp³-hybridized carbons (Fsp3) is 0.217. The number of aromatic nitrogens is 1. The Balaban J connectivity index is 1.74. The number of carbonyl (C=O) groups excluding carboxylic acids is 1. The Morgan fingerprint density at radius 3 is 2.77 bits per heavy atom. The molecule has 0 aliphatic heterocycles. The van der Waals surface area contributed by atoms with Crippen LogP contribution in [0.3, 0.4) is 0 Å². The molecule has 0 aliphatic rings. The second-order valence-electron chi connectivity index (χ2n) is 6.79. The lowest BCUT2D eigenvalue weighted by Crippen LogP contribution is -2.20. The average Bonchev–Trinajstić information content (AvgIpc) is 3.05. The monoisotopic (exact) mass is 458 g/mol. The summed E-state index contributed by atoms with van der Waals surface area (Å²) in [6, 6.07) is 17.6. The number of rotatable bonds is 6. The van der Waals surface area contributed by atoms with Crippen molar-refractivity contribution >= 4 is 61.4 Å². The molecule has 1 aromatic heterocycles. The third-order valence-electron chi connectivity index (χ3n) is 4.80. The first-order valence-corrected chi connectivity index (χ1v) is 11.2. The number of carbonyl (C=O) groups is 1. The molecule has 4 nitrogen and oxygen atoms in total. The Morgan fingerprint density at radius 2 is 1.93 bits per heavy atom. The Labute approximate surface area is 188 Å². The summed E-state index contributed by atoms with van der Waals surface area (Å²) in [7, 11) is 0. The summed E-state index contributed by atoms with van der Waals surface area (Å²) in [6.45, 7) is 3.62. The van der Waals surface area contributed by atoms with Crippen molar-refractivity contribution in [2.24, 2.45) is 4.99 Å². The predicted molar refractivity (Wildman–Crippen MR) is 125 cm³/mol. The molecule has 4 aromatic rings. The van der Waals surface area contributed by atoms with Crippen molar-refractivity contribution < 1.29 is 9.53 Å². The highest BCUT2D eigenvalue weighted by molar-refractivity contribution is 7.16. The zero-order valence-electron chi connectivity index (χ0n) is 16.4. The Kier molecular flexibility index (Phi) is 6.54. The summed E-state index contributed by atoms with van der Waals surface area (Å²) < 4.78 is 8.34. The first-order chi connectivity index (χ1) is 14.6. The Morgan fingerprint density at radius 1 is 1.13 bits per heavy atom. The quantitative estimate of drug-likeness (QED) is 0.339. The van der Waals surface area contributed by atoms with Crippen molar-refractivity contribution in [3.63, 3.8) is 0 Å². The van der Waals surface area contributed by atoms with Crippen molar-refractivity contribution in [1.29, 1.82) is 0 Å². The molecule has 0 N–H and O–H groups in total. The molecule has 0 saturated heterocycles. The lowest BCUT2D eigenvalue weighted by molar-refractivity contribution is -0.117. The zero-order chi connectivity index (χ0) is 21.1. The van der Waals surface area contributed by atoms with Crippen LogP contribution < -0.4 is 4.80 Å². The number of hydrogen-bond acceptors (Lipinski definition) is 3. The maximum Gasteiger partial charge on any atom is 0.252 e. The van der Waals surface area contributed by atoms with Gasteiger partial charge in [-0.05, 0) is 35.4 Å². The van der Waals surface area contributed by atoms with Crippen LogP contribution >= 0.6 is 34.5 Å². The molecule has 0 unspecified atom stereocenters. The third-order valence-corrected chi connectivity index (χ3v) is 6.33. The summed E-state index contributed by atoms with van der Waals surface area (Å²) in [6.07, 6.45) is 0.232. The summed E-state index contributed by atoms with van der Waals surface area (Å²) in [5.74, 6) is -0.203. The second kappa shape index (κ2) is 9.31. The van der Waals surface area contributed by atoms with Gasteiger partial charge >= 0.3 is 0 Å². The van der Waals surface area contributed by atoms with Gasteiger partial charge in [0, 0.05) is 18.2 Å². The van der Waals surface area contributed by atoms with Crippen molar-refractivity contribution in [3.05, 3.63) is 75.0 Å². The molecule has 0 spiro atoms. The number of amides is 1. The highest BCUT2D eigenvalue weighted by Crippen LogP contribution is 2.29. The van der Waals surface area contributed by atoms with Crippen LogP contribution in [0.15, 0.2) is 59.6 Å². The van der Waals surface area contributed by atoms with Gasteiger partial charge in [0.25, 0.3) is 5.91 Å². The molecule has 7 heteroatoms. The molecule has 0 radical (unpaired) electrons. The van der Waals surface area contributed by atoms with Crippen LogP contribution in [0, 0.1) is 0 Å². The maximum atomic E-state index is 12.9. The van der Waals surface area contributed by atoms with Crippen molar-refractivity contribution in [2.75, 3.05) is 13.2 Å². The van der Waals surface area contributed by atoms with E-state index in [-0.39, 0.29) is 12.3 Å². The third kappa shape index (κ3) is 4.44. The fourth-order valence-electron chi connectivity index (χ4n) is 3.48. The number of ether oxygens (including phenoxy) is 1. The van der Waals surface area contributed by atoms with Crippen LogP contribution in [0.2, 0.25) is 10.0 Å². The van der Waals surface area contributed by atoms with E-state index in [0.29, 0.717) is 34.6 Å². The summed E-state index contributed by atoms with van der Waals surface area (Å²) in [5.41, 5.74) is 1.78. The minimum absolute atomic E-state index is 0.203. The van der Waals surface area contributed by atoms with Crippen LogP contribution in [-0.2, 0) is 22.5 Å².